The molecule has 3 aromatic rings. The minimum Gasteiger partial charge on any atom is -0.508 e. The molecule has 146 valence electrons. The molecule has 3 N–H and O–H groups in total. The molecule has 3 nitrogen and oxygen atoms in total. The first-order valence-electron chi connectivity index (χ1n) is 9.55. The monoisotopic (exact) mass is 376 g/mol. The van der Waals surface area contributed by atoms with Gasteiger partial charge < -0.3 is 15.3 Å². The van der Waals surface area contributed by atoms with Crippen molar-refractivity contribution in [3.63, 3.8) is 0 Å². The fourth-order valence-electron chi connectivity index (χ4n) is 3.96. The van der Waals surface area contributed by atoms with E-state index in [0.29, 0.717) is 24.3 Å². The van der Waals surface area contributed by atoms with E-state index in [4.69, 9.17) is 0 Å². The van der Waals surface area contributed by atoms with Crippen molar-refractivity contribution in [2.75, 3.05) is 0 Å². The van der Waals surface area contributed by atoms with Crippen LogP contribution in [0.5, 0.6) is 17.2 Å². The fraction of sp³-hybridized carbons (Fsp3) is 0.280. The van der Waals surface area contributed by atoms with Crippen molar-refractivity contribution in [3.05, 3.63) is 86.5 Å². The minimum absolute atomic E-state index is 0.198. The first-order chi connectivity index (χ1) is 13.2. The van der Waals surface area contributed by atoms with Crippen LogP contribution in [-0.4, -0.2) is 15.3 Å². The number of phenolic OH excluding ortho intramolecular Hbond substituents is 3. The van der Waals surface area contributed by atoms with Gasteiger partial charge in [-0.25, -0.2) is 0 Å². The molecule has 0 radical (unpaired) electrons. The zero-order valence-corrected chi connectivity index (χ0v) is 17.2. The number of benzene rings is 3. The van der Waals surface area contributed by atoms with Gasteiger partial charge in [0.15, 0.2) is 0 Å². The maximum absolute atomic E-state index is 10.4. The third-order valence-electron chi connectivity index (χ3n) is 5.42. The lowest BCUT2D eigenvalue weighted by molar-refractivity contribution is 0.463. The van der Waals surface area contributed by atoms with Gasteiger partial charge in [-0.2, -0.15) is 0 Å². The average molecular weight is 376 g/mol. The van der Waals surface area contributed by atoms with E-state index in [1.165, 1.54) is 0 Å². The van der Waals surface area contributed by atoms with Crippen LogP contribution in [0, 0.1) is 34.6 Å². The van der Waals surface area contributed by atoms with Gasteiger partial charge in [-0.1, -0.05) is 35.4 Å². The van der Waals surface area contributed by atoms with Crippen LogP contribution in [0.4, 0.5) is 0 Å². The molecular formula is C25H28O3. The van der Waals surface area contributed by atoms with Crippen LogP contribution < -0.4 is 0 Å². The van der Waals surface area contributed by atoms with Gasteiger partial charge in [0.1, 0.15) is 17.2 Å². The topological polar surface area (TPSA) is 60.7 Å². The Bertz CT molecular complexity index is 968. The molecule has 0 spiro atoms. The van der Waals surface area contributed by atoms with Crippen molar-refractivity contribution in [1.29, 1.82) is 0 Å². The van der Waals surface area contributed by atoms with Crippen LogP contribution >= 0.6 is 0 Å². The highest BCUT2D eigenvalue weighted by atomic mass is 16.3. The smallest absolute Gasteiger partial charge is 0.122 e. The SMILES string of the molecule is Cc1cc(C)c(O)c(Cc2cc(O)cc(Cc3cc(C)cc(C)c3O)c2C)c1. The van der Waals surface area contributed by atoms with Crippen molar-refractivity contribution in [1.82, 2.24) is 0 Å². The summed E-state index contributed by atoms with van der Waals surface area (Å²) in [4.78, 5) is 0. The number of hydrogen-bond donors (Lipinski definition) is 3. The third-order valence-corrected chi connectivity index (χ3v) is 5.42. The molecule has 0 aliphatic rings. The van der Waals surface area contributed by atoms with Gasteiger partial charge in [0.2, 0.25) is 0 Å². The Hall–Kier alpha value is -2.94. The molecule has 0 bridgehead atoms. The molecule has 0 atom stereocenters. The Labute approximate surface area is 166 Å². The standard InChI is InChI=1S/C25H28O3/c1-14-6-16(3)24(27)21(8-14)10-19-12-23(26)13-20(18(19)5)11-22-9-15(2)7-17(4)25(22)28/h6-9,12-13,26-28H,10-11H2,1-5H3. The molecule has 0 aliphatic heterocycles. The second-order valence-corrected chi connectivity index (χ2v) is 7.92. The summed E-state index contributed by atoms with van der Waals surface area (Å²) < 4.78 is 0. The predicted molar refractivity (Wildman–Crippen MR) is 114 cm³/mol. The lowest BCUT2D eigenvalue weighted by Crippen LogP contribution is -2.00. The van der Waals surface area contributed by atoms with Crippen molar-refractivity contribution in [2.45, 2.75) is 47.5 Å². The van der Waals surface area contributed by atoms with Crippen molar-refractivity contribution in [2.24, 2.45) is 0 Å². The first-order valence-corrected chi connectivity index (χ1v) is 9.55. The third kappa shape index (κ3) is 3.99. The highest BCUT2D eigenvalue weighted by Gasteiger charge is 2.14. The molecule has 0 amide bonds. The van der Waals surface area contributed by atoms with E-state index in [0.717, 1.165) is 50.1 Å². The summed E-state index contributed by atoms with van der Waals surface area (Å²) in [6, 6.07) is 11.4. The molecule has 0 aromatic heterocycles. The lowest BCUT2D eigenvalue weighted by Gasteiger charge is -2.16. The summed E-state index contributed by atoms with van der Waals surface area (Å²) in [5, 5.41) is 31.2. The summed E-state index contributed by atoms with van der Waals surface area (Å²) in [6.45, 7) is 9.85. The molecule has 0 heterocycles. The highest BCUT2D eigenvalue weighted by molar-refractivity contribution is 5.51. The molecule has 0 saturated heterocycles. The van der Waals surface area contributed by atoms with E-state index >= 15 is 0 Å². The molecule has 3 heteroatoms. The Morgan fingerprint density at radius 3 is 1.32 bits per heavy atom. The summed E-state index contributed by atoms with van der Waals surface area (Å²) in [5.41, 5.74) is 8.62. The van der Waals surface area contributed by atoms with Crippen molar-refractivity contribution >= 4 is 0 Å². The summed E-state index contributed by atoms with van der Waals surface area (Å²) >= 11 is 0. The van der Waals surface area contributed by atoms with Gasteiger partial charge in [0.25, 0.3) is 0 Å². The normalized spacial score (nSPS) is 11.0. The molecule has 28 heavy (non-hydrogen) atoms. The predicted octanol–water partition coefficient (Wildman–Crippen LogP) is 5.53. The van der Waals surface area contributed by atoms with E-state index < -0.39 is 0 Å². The van der Waals surface area contributed by atoms with Gasteiger partial charge in [0, 0.05) is 12.8 Å². The molecule has 3 rings (SSSR count). The van der Waals surface area contributed by atoms with Crippen LogP contribution in [0.3, 0.4) is 0 Å². The van der Waals surface area contributed by atoms with Crippen LogP contribution in [0.15, 0.2) is 36.4 Å². The Morgan fingerprint density at radius 2 is 0.929 bits per heavy atom. The number of rotatable bonds is 4. The molecule has 0 unspecified atom stereocenters. The number of phenols is 3. The fourth-order valence-corrected chi connectivity index (χ4v) is 3.96. The summed E-state index contributed by atoms with van der Waals surface area (Å²) in [5.74, 6) is 0.812. The van der Waals surface area contributed by atoms with Crippen molar-refractivity contribution < 1.29 is 15.3 Å². The van der Waals surface area contributed by atoms with E-state index in [9.17, 15) is 15.3 Å². The minimum atomic E-state index is 0.198. The highest BCUT2D eigenvalue weighted by Crippen LogP contribution is 2.32. The molecule has 0 saturated carbocycles. The maximum atomic E-state index is 10.4. The van der Waals surface area contributed by atoms with Crippen LogP contribution in [-0.2, 0) is 12.8 Å². The average Bonchev–Trinajstić information content (AvgIpc) is 2.60. The molecule has 0 fully saturated rings. The van der Waals surface area contributed by atoms with Gasteiger partial charge in [0.05, 0.1) is 0 Å². The zero-order chi connectivity index (χ0) is 20.6. The van der Waals surface area contributed by atoms with Gasteiger partial charge in [-0.15, -0.1) is 0 Å². The zero-order valence-electron chi connectivity index (χ0n) is 17.2. The van der Waals surface area contributed by atoms with Gasteiger partial charge in [-0.3, -0.25) is 0 Å². The maximum Gasteiger partial charge on any atom is 0.122 e. The molecule has 0 aliphatic carbocycles. The summed E-state index contributed by atoms with van der Waals surface area (Å²) in [7, 11) is 0. The van der Waals surface area contributed by atoms with Gasteiger partial charge >= 0.3 is 0 Å². The lowest BCUT2D eigenvalue weighted by atomic mass is 9.91. The second-order valence-electron chi connectivity index (χ2n) is 7.92. The van der Waals surface area contributed by atoms with Crippen LogP contribution in [0.25, 0.3) is 0 Å². The Morgan fingerprint density at radius 1 is 0.536 bits per heavy atom. The number of aromatic hydroxyl groups is 3. The van der Waals surface area contributed by atoms with Crippen LogP contribution in [0.1, 0.15) is 50.1 Å². The quantitative estimate of drug-likeness (QED) is 0.561. The van der Waals surface area contributed by atoms with Gasteiger partial charge in [-0.05, 0) is 85.7 Å². The van der Waals surface area contributed by atoms with Crippen molar-refractivity contribution in [3.8, 4) is 17.2 Å². The molecular weight excluding hydrogens is 348 g/mol. The second kappa shape index (κ2) is 7.59. The molecule has 3 aromatic carbocycles. The van der Waals surface area contributed by atoms with E-state index in [1.807, 2.05) is 58.9 Å². The van der Waals surface area contributed by atoms with E-state index in [-0.39, 0.29) is 5.75 Å². The summed E-state index contributed by atoms with van der Waals surface area (Å²) in [6.07, 6.45) is 1.08. The first kappa shape index (κ1) is 19.8. The number of aryl methyl sites for hydroxylation is 4. The Kier molecular flexibility index (Phi) is 5.37. The largest absolute Gasteiger partial charge is 0.508 e. The van der Waals surface area contributed by atoms with E-state index in [2.05, 4.69) is 0 Å². The van der Waals surface area contributed by atoms with Crippen LogP contribution in [0.2, 0.25) is 0 Å². The van der Waals surface area contributed by atoms with E-state index in [1.54, 1.807) is 12.1 Å². The Balaban J connectivity index is 2.02. The number of hydrogen-bond acceptors (Lipinski definition) is 3.